The minimum Gasteiger partial charge on any atom is -0.490 e. The molecule has 1 aliphatic rings. The number of aromatic amines is 1. The highest BCUT2D eigenvalue weighted by Crippen LogP contribution is 2.25. The fourth-order valence-electron chi connectivity index (χ4n) is 6.41. The van der Waals surface area contributed by atoms with E-state index in [0.29, 0.717) is 67.0 Å². The van der Waals surface area contributed by atoms with Gasteiger partial charge in [0.15, 0.2) is 0 Å². The Balaban J connectivity index is 0.925. The number of nitrogens with one attached hydrogen (secondary N) is 3. The molecule has 1 fully saturated rings. The lowest BCUT2D eigenvalue weighted by molar-refractivity contribution is -0.120. The number of hydrogen-bond donors (Lipinski definition) is 3. The van der Waals surface area contributed by atoms with E-state index in [1.807, 2.05) is 95.9 Å². The summed E-state index contributed by atoms with van der Waals surface area (Å²) in [6.45, 7) is 1.16. The molecule has 6 aromatic rings. The number of likely N-dealkylation sites (tertiary alicyclic amines) is 1. The molecule has 0 atom stereocenters. The van der Waals surface area contributed by atoms with Gasteiger partial charge in [-0.3, -0.25) is 19.5 Å². The van der Waals surface area contributed by atoms with E-state index < -0.39 is 0 Å². The van der Waals surface area contributed by atoms with Gasteiger partial charge in [-0.2, -0.15) is 5.10 Å². The van der Waals surface area contributed by atoms with E-state index in [-0.39, 0.29) is 23.8 Å². The maximum Gasteiger partial charge on any atom is 0.255 e. The van der Waals surface area contributed by atoms with Crippen LogP contribution >= 0.6 is 0 Å². The van der Waals surface area contributed by atoms with Crippen molar-refractivity contribution in [3.63, 3.8) is 0 Å². The molecule has 1 aliphatic heterocycles. The minimum absolute atomic E-state index is 0.0154. The molecule has 7 rings (SSSR count). The van der Waals surface area contributed by atoms with Crippen molar-refractivity contribution in [2.24, 2.45) is 0 Å². The second-order valence-corrected chi connectivity index (χ2v) is 13.0. The summed E-state index contributed by atoms with van der Waals surface area (Å²) < 4.78 is 6.25. The third-order valence-corrected chi connectivity index (χ3v) is 9.42. The fourth-order valence-corrected chi connectivity index (χ4v) is 6.41. The Morgan fingerprint density at radius 2 is 1.55 bits per heavy atom. The van der Waals surface area contributed by atoms with Gasteiger partial charge in [-0.05, 0) is 89.7 Å². The summed E-state index contributed by atoms with van der Waals surface area (Å²) in [6.07, 6.45) is 2.40. The van der Waals surface area contributed by atoms with E-state index in [0.717, 1.165) is 33.2 Å². The van der Waals surface area contributed by atoms with Gasteiger partial charge < -0.3 is 20.3 Å². The number of fused-ring (bicyclic) bond motifs is 1. The molecule has 9 nitrogen and oxygen atoms in total. The predicted molar refractivity (Wildman–Crippen MR) is 207 cm³/mol. The van der Waals surface area contributed by atoms with Gasteiger partial charge in [0.2, 0.25) is 5.91 Å². The quantitative estimate of drug-likeness (QED) is 0.138. The van der Waals surface area contributed by atoms with Crippen LogP contribution in [0.4, 0.5) is 5.69 Å². The molecule has 0 unspecified atom stereocenters. The third kappa shape index (κ3) is 8.46. The second kappa shape index (κ2) is 16.1. The fraction of sp³-hybridized carbons (Fsp3) is 0.182. The first-order valence-electron chi connectivity index (χ1n) is 17.7. The number of aromatic nitrogens is 2. The number of amides is 3. The molecule has 2 heterocycles. The standard InChI is InChI=1S/C44H39N5O4/c1-45-42(50)24-13-30-11-14-33(15-12-30)43(51)46-35-18-20-36(21-19-35)53-37-25-27-49(28-26-37)44(52)34-17-23-41-39(29-34)40(47-48-41)22-16-32-9-5-6-10-38(32)31-7-3-2-4-8-31/h2-12,14-15,17-21,23,29,37H,13,24-28H2,1H3,(H,45,50)(H,46,51)(H,47,48). The maximum absolute atomic E-state index is 13.6. The molecule has 0 saturated carbocycles. The molecule has 0 spiro atoms. The monoisotopic (exact) mass is 701 g/mol. The Labute approximate surface area is 308 Å². The summed E-state index contributed by atoms with van der Waals surface area (Å²) >= 11 is 0. The van der Waals surface area contributed by atoms with Gasteiger partial charge in [0.05, 0.1) is 5.52 Å². The van der Waals surface area contributed by atoms with Crippen molar-refractivity contribution in [1.29, 1.82) is 0 Å². The topological polar surface area (TPSA) is 116 Å². The van der Waals surface area contributed by atoms with Crippen LogP contribution in [0.2, 0.25) is 0 Å². The SMILES string of the molecule is CNC(=O)CCc1ccc(C(=O)Nc2ccc(OC3CCN(C(=O)c4ccc5[nH]nc(C#Cc6ccccc6-c6ccccc6)c5c4)CC3)cc2)cc1. The van der Waals surface area contributed by atoms with Gasteiger partial charge >= 0.3 is 0 Å². The first-order chi connectivity index (χ1) is 25.9. The van der Waals surface area contributed by atoms with Crippen LogP contribution in [0.3, 0.4) is 0 Å². The minimum atomic E-state index is -0.214. The highest BCUT2D eigenvalue weighted by Gasteiger charge is 2.25. The van der Waals surface area contributed by atoms with E-state index >= 15 is 0 Å². The number of aryl methyl sites for hydroxylation is 1. The molecule has 1 aromatic heterocycles. The Morgan fingerprint density at radius 1 is 0.830 bits per heavy atom. The summed E-state index contributed by atoms with van der Waals surface area (Å²) in [5.74, 6) is 6.98. The zero-order valence-electron chi connectivity index (χ0n) is 29.4. The van der Waals surface area contributed by atoms with Gasteiger partial charge in [0, 0.05) is 67.2 Å². The number of rotatable bonds is 9. The molecular weight excluding hydrogens is 663 g/mol. The van der Waals surface area contributed by atoms with Gasteiger partial charge in [-0.15, -0.1) is 0 Å². The number of benzene rings is 5. The van der Waals surface area contributed by atoms with Crippen LogP contribution < -0.4 is 15.4 Å². The van der Waals surface area contributed by atoms with E-state index in [2.05, 4.69) is 50.9 Å². The van der Waals surface area contributed by atoms with Crippen molar-refractivity contribution < 1.29 is 19.1 Å². The summed E-state index contributed by atoms with van der Waals surface area (Å²) in [6, 6.07) is 38.4. The lowest BCUT2D eigenvalue weighted by atomic mass is 10.00. The summed E-state index contributed by atoms with van der Waals surface area (Å²) in [5.41, 5.74) is 7.27. The first-order valence-corrected chi connectivity index (χ1v) is 17.7. The predicted octanol–water partition coefficient (Wildman–Crippen LogP) is 7.24. The van der Waals surface area contributed by atoms with Gasteiger partial charge in [0.25, 0.3) is 11.8 Å². The number of anilines is 1. The number of nitrogens with zero attached hydrogens (tertiary/aromatic N) is 2. The van der Waals surface area contributed by atoms with Crippen molar-refractivity contribution in [2.45, 2.75) is 31.8 Å². The van der Waals surface area contributed by atoms with Crippen LogP contribution in [-0.2, 0) is 11.2 Å². The van der Waals surface area contributed by atoms with Crippen LogP contribution in [0.25, 0.3) is 22.0 Å². The number of carbonyl (C=O) groups excluding carboxylic acids is 3. The Morgan fingerprint density at radius 3 is 2.30 bits per heavy atom. The highest BCUT2D eigenvalue weighted by molar-refractivity contribution is 6.04. The lowest BCUT2D eigenvalue weighted by Crippen LogP contribution is -2.41. The molecule has 0 aliphatic carbocycles. The van der Waals surface area contributed by atoms with Crippen molar-refractivity contribution in [3.8, 4) is 28.7 Å². The maximum atomic E-state index is 13.6. The van der Waals surface area contributed by atoms with Gasteiger partial charge in [0.1, 0.15) is 17.5 Å². The average molecular weight is 702 g/mol. The first kappa shape index (κ1) is 34.8. The van der Waals surface area contributed by atoms with Crippen LogP contribution in [0.1, 0.15) is 56.8 Å². The van der Waals surface area contributed by atoms with Gasteiger partial charge in [-0.25, -0.2) is 0 Å². The molecular formula is C44H39N5O4. The molecule has 5 aromatic carbocycles. The van der Waals surface area contributed by atoms with E-state index in [1.54, 1.807) is 19.2 Å². The summed E-state index contributed by atoms with van der Waals surface area (Å²) in [4.78, 5) is 39.8. The molecule has 3 amide bonds. The molecule has 53 heavy (non-hydrogen) atoms. The van der Waals surface area contributed by atoms with Crippen LogP contribution in [0.5, 0.6) is 5.75 Å². The zero-order valence-corrected chi connectivity index (χ0v) is 29.4. The van der Waals surface area contributed by atoms with Crippen LogP contribution in [0, 0.1) is 11.8 Å². The van der Waals surface area contributed by atoms with E-state index in [4.69, 9.17) is 4.74 Å². The van der Waals surface area contributed by atoms with Crippen molar-refractivity contribution in [1.82, 2.24) is 20.4 Å². The molecule has 1 saturated heterocycles. The summed E-state index contributed by atoms with van der Waals surface area (Å²) in [5, 5.41) is 13.8. The van der Waals surface area contributed by atoms with E-state index in [9.17, 15) is 14.4 Å². The molecule has 264 valence electrons. The van der Waals surface area contributed by atoms with E-state index in [1.165, 1.54) is 0 Å². The highest BCUT2D eigenvalue weighted by atomic mass is 16.5. The molecule has 0 bridgehead atoms. The van der Waals surface area contributed by atoms with Crippen LogP contribution in [-0.4, -0.2) is 59.1 Å². The number of piperidine rings is 1. The third-order valence-electron chi connectivity index (χ3n) is 9.42. The Bertz CT molecular complexity index is 2300. The lowest BCUT2D eigenvalue weighted by Gasteiger charge is -2.32. The number of ether oxygens (including phenoxy) is 1. The number of carbonyl (C=O) groups is 3. The van der Waals surface area contributed by atoms with Crippen molar-refractivity contribution in [2.75, 3.05) is 25.5 Å². The molecule has 0 radical (unpaired) electrons. The van der Waals surface area contributed by atoms with Gasteiger partial charge in [-0.1, -0.05) is 66.6 Å². The van der Waals surface area contributed by atoms with Crippen LogP contribution in [0.15, 0.2) is 121 Å². The normalized spacial score (nSPS) is 12.8. The Hall–Kier alpha value is -6.66. The number of H-pyrrole nitrogens is 1. The average Bonchev–Trinajstić information content (AvgIpc) is 3.62. The molecule has 9 heteroatoms. The smallest absolute Gasteiger partial charge is 0.255 e. The Kier molecular flexibility index (Phi) is 10.6. The number of hydrogen-bond acceptors (Lipinski definition) is 5. The van der Waals surface area contributed by atoms with Crippen molar-refractivity contribution >= 4 is 34.3 Å². The van der Waals surface area contributed by atoms with Crippen molar-refractivity contribution in [3.05, 3.63) is 149 Å². The second-order valence-electron chi connectivity index (χ2n) is 13.0. The zero-order chi connectivity index (χ0) is 36.6. The largest absolute Gasteiger partial charge is 0.490 e. The molecule has 3 N–H and O–H groups in total. The summed E-state index contributed by atoms with van der Waals surface area (Å²) in [7, 11) is 1.62.